The summed E-state index contributed by atoms with van der Waals surface area (Å²) in [6.45, 7) is 3.97. The van der Waals surface area contributed by atoms with E-state index in [1.165, 1.54) is 5.56 Å². The van der Waals surface area contributed by atoms with Crippen molar-refractivity contribution in [3.05, 3.63) is 65.7 Å². The molecular formula is C20H26N2O2. The van der Waals surface area contributed by atoms with Crippen LogP contribution in [-0.4, -0.2) is 19.2 Å². The van der Waals surface area contributed by atoms with E-state index in [1.807, 2.05) is 56.3 Å². The molecule has 2 aromatic rings. The SMILES string of the molecule is COc1ccccc1[C@H](C)NC(=O)N[C@H](C)CCc1ccccc1. The number of carbonyl (C=O) groups excluding carboxylic acids is 1. The van der Waals surface area contributed by atoms with Gasteiger partial charge in [0.2, 0.25) is 0 Å². The van der Waals surface area contributed by atoms with Crippen molar-refractivity contribution in [1.82, 2.24) is 10.6 Å². The van der Waals surface area contributed by atoms with Gasteiger partial charge in [0, 0.05) is 11.6 Å². The van der Waals surface area contributed by atoms with Crippen molar-refractivity contribution in [3.63, 3.8) is 0 Å². The van der Waals surface area contributed by atoms with E-state index < -0.39 is 0 Å². The second-order valence-corrected chi connectivity index (χ2v) is 6.01. The molecule has 0 aromatic heterocycles. The summed E-state index contributed by atoms with van der Waals surface area (Å²) in [5, 5.41) is 5.97. The van der Waals surface area contributed by atoms with Gasteiger partial charge in [-0.25, -0.2) is 4.79 Å². The lowest BCUT2D eigenvalue weighted by molar-refractivity contribution is 0.234. The van der Waals surface area contributed by atoms with Crippen molar-refractivity contribution < 1.29 is 9.53 Å². The average molecular weight is 326 g/mol. The summed E-state index contributed by atoms with van der Waals surface area (Å²) in [5.41, 5.74) is 2.25. The third kappa shape index (κ3) is 5.30. The largest absolute Gasteiger partial charge is 0.496 e. The van der Waals surface area contributed by atoms with Gasteiger partial charge >= 0.3 is 6.03 Å². The van der Waals surface area contributed by atoms with Crippen molar-refractivity contribution in [2.45, 2.75) is 38.8 Å². The zero-order valence-electron chi connectivity index (χ0n) is 14.6. The summed E-state index contributed by atoms with van der Waals surface area (Å²) < 4.78 is 5.34. The monoisotopic (exact) mass is 326 g/mol. The predicted molar refractivity (Wildman–Crippen MR) is 97.3 cm³/mol. The van der Waals surface area contributed by atoms with Crippen LogP contribution in [0.1, 0.15) is 37.4 Å². The highest BCUT2D eigenvalue weighted by molar-refractivity contribution is 5.74. The molecule has 0 aliphatic rings. The quantitative estimate of drug-likeness (QED) is 0.805. The number of para-hydroxylation sites is 1. The molecule has 24 heavy (non-hydrogen) atoms. The summed E-state index contributed by atoms with van der Waals surface area (Å²) in [6, 6.07) is 17.8. The van der Waals surface area contributed by atoms with Crippen LogP contribution < -0.4 is 15.4 Å². The van der Waals surface area contributed by atoms with Gasteiger partial charge in [-0.3, -0.25) is 0 Å². The second-order valence-electron chi connectivity index (χ2n) is 6.01. The van der Waals surface area contributed by atoms with Gasteiger partial charge in [0.05, 0.1) is 13.2 Å². The minimum atomic E-state index is -0.158. The van der Waals surface area contributed by atoms with Gasteiger partial charge in [-0.1, -0.05) is 48.5 Å². The molecule has 0 heterocycles. The van der Waals surface area contributed by atoms with E-state index in [2.05, 4.69) is 22.8 Å². The van der Waals surface area contributed by atoms with Crippen LogP contribution >= 0.6 is 0 Å². The molecule has 2 N–H and O–H groups in total. The van der Waals surface area contributed by atoms with E-state index >= 15 is 0 Å². The molecule has 4 heteroatoms. The number of benzene rings is 2. The minimum Gasteiger partial charge on any atom is -0.496 e. The number of ether oxygens (including phenoxy) is 1. The first-order valence-electron chi connectivity index (χ1n) is 8.34. The number of nitrogens with one attached hydrogen (secondary N) is 2. The number of hydrogen-bond donors (Lipinski definition) is 2. The zero-order valence-corrected chi connectivity index (χ0v) is 14.6. The maximum absolute atomic E-state index is 12.2. The Labute approximate surface area is 144 Å². The van der Waals surface area contributed by atoms with Gasteiger partial charge in [-0.15, -0.1) is 0 Å². The molecule has 2 amide bonds. The first kappa shape index (κ1) is 17.9. The van der Waals surface area contributed by atoms with Crippen LogP contribution in [0, 0.1) is 0 Å². The van der Waals surface area contributed by atoms with Crippen molar-refractivity contribution in [1.29, 1.82) is 0 Å². The third-order valence-electron chi connectivity index (χ3n) is 4.04. The fourth-order valence-corrected chi connectivity index (χ4v) is 2.66. The summed E-state index contributed by atoms with van der Waals surface area (Å²) in [6.07, 6.45) is 1.85. The van der Waals surface area contributed by atoms with E-state index in [9.17, 15) is 4.79 Å². The van der Waals surface area contributed by atoms with Gasteiger partial charge in [-0.05, 0) is 38.3 Å². The number of urea groups is 1. The van der Waals surface area contributed by atoms with E-state index in [0.717, 1.165) is 24.2 Å². The standard InChI is InChI=1S/C20H26N2O2/c1-15(13-14-17-9-5-4-6-10-17)21-20(23)22-16(2)18-11-7-8-12-19(18)24-3/h4-12,15-16H,13-14H2,1-3H3,(H2,21,22,23)/t15-,16+/m1/s1. The highest BCUT2D eigenvalue weighted by Gasteiger charge is 2.14. The van der Waals surface area contributed by atoms with Crippen LogP contribution in [0.15, 0.2) is 54.6 Å². The van der Waals surface area contributed by atoms with Crippen LogP contribution in [0.5, 0.6) is 5.75 Å². The van der Waals surface area contributed by atoms with Crippen LogP contribution in [-0.2, 0) is 6.42 Å². The molecule has 0 radical (unpaired) electrons. The first-order chi connectivity index (χ1) is 11.6. The highest BCUT2D eigenvalue weighted by Crippen LogP contribution is 2.24. The van der Waals surface area contributed by atoms with Crippen LogP contribution in [0.2, 0.25) is 0 Å². The Morgan fingerprint density at radius 2 is 1.67 bits per heavy atom. The molecule has 0 aliphatic heterocycles. The number of carbonyl (C=O) groups is 1. The van der Waals surface area contributed by atoms with Gasteiger partial charge in [0.15, 0.2) is 0 Å². The molecule has 0 spiro atoms. The molecule has 0 unspecified atom stereocenters. The first-order valence-corrected chi connectivity index (χ1v) is 8.34. The summed E-state index contributed by atoms with van der Waals surface area (Å²) >= 11 is 0. The van der Waals surface area contributed by atoms with Crippen molar-refractivity contribution >= 4 is 6.03 Å². The normalized spacial score (nSPS) is 13.0. The highest BCUT2D eigenvalue weighted by atomic mass is 16.5. The van der Waals surface area contributed by atoms with Crippen molar-refractivity contribution in [2.24, 2.45) is 0 Å². The Morgan fingerprint density at radius 3 is 2.38 bits per heavy atom. The second kappa shape index (κ2) is 8.96. The van der Waals surface area contributed by atoms with E-state index in [-0.39, 0.29) is 18.1 Å². The maximum Gasteiger partial charge on any atom is 0.315 e. The molecule has 2 rings (SSSR count). The predicted octanol–water partition coefficient (Wildman–Crippen LogP) is 4.08. The van der Waals surface area contributed by atoms with Gasteiger partial charge < -0.3 is 15.4 Å². The van der Waals surface area contributed by atoms with E-state index in [1.54, 1.807) is 7.11 Å². The number of amides is 2. The molecule has 0 saturated carbocycles. The van der Waals surface area contributed by atoms with Crippen molar-refractivity contribution in [3.8, 4) is 5.75 Å². The summed E-state index contributed by atoms with van der Waals surface area (Å²) in [5.74, 6) is 0.780. The lowest BCUT2D eigenvalue weighted by Gasteiger charge is -2.20. The maximum atomic E-state index is 12.2. The lowest BCUT2D eigenvalue weighted by atomic mass is 10.1. The molecule has 0 saturated heterocycles. The summed E-state index contributed by atoms with van der Waals surface area (Å²) in [4.78, 5) is 12.2. The molecule has 128 valence electrons. The third-order valence-corrected chi connectivity index (χ3v) is 4.04. The molecule has 2 aromatic carbocycles. The Hall–Kier alpha value is -2.49. The number of hydrogen-bond acceptors (Lipinski definition) is 2. The Morgan fingerprint density at radius 1 is 1.00 bits per heavy atom. The number of rotatable bonds is 7. The Balaban J connectivity index is 1.81. The van der Waals surface area contributed by atoms with E-state index in [0.29, 0.717) is 0 Å². The number of methoxy groups -OCH3 is 1. The molecule has 0 aliphatic carbocycles. The Kier molecular flexibility index (Phi) is 6.67. The molecule has 2 atom stereocenters. The molecule has 4 nitrogen and oxygen atoms in total. The fraction of sp³-hybridized carbons (Fsp3) is 0.350. The molecule has 0 bridgehead atoms. The average Bonchev–Trinajstić information content (AvgIpc) is 2.60. The minimum absolute atomic E-state index is 0.107. The smallest absolute Gasteiger partial charge is 0.315 e. The van der Waals surface area contributed by atoms with Gasteiger partial charge in [-0.2, -0.15) is 0 Å². The van der Waals surface area contributed by atoms with Gasteiger partial charge in [0.25, 0.3) is 0 Å². The number of aryl methyl sites for hydroxylation is 1. The zero-order chi connectivity index (χ0) is 17.4. The van der Waals surface area contributed by atoms with Crippen LogP contribution in [0.25, 0.3) is 0 Å². The molecule has 0 fully saturated rings. The summed E-state index contributed by atoms with van der Waals surface area (Å²) in [7, 11) is 1.64. The van der Waals surface area contributed by atoms with Gasteiger partial charge in [0.1, 0.15) is 5.75 Å². The lowest BCUT2D eigenvalue weighted by Crippen LogP contribution is -2.42. The van der Waals surface area contributed by atoms with Crippen LogP contribution in [0.3, 0.4) is 0 Å². The van der Waals surface area contributed by atoms with Crippen molar-refractivity contribution in [2.75, 3.05) is 7.11 Å². The Bertz CT molecular complexity index is 643. The molecular weight excluding hydrogens is 300 g/mol. The fourth-order valence-electron chi connectivity index (χ4n) is 2.66. The van der Waals surface area contributed by atoms with Crippen LogP contribution in [0.4, 0.5) is 4.79 Å². The topological polar surface area (TPSA) is 50.4 Å². The van der Waals surface area contributed by atoms with E-state index in [4.69, 9.17) is 4.74 Å².